The predicted molar refractivity (Wildman–Crippen MR) is 114 cm³/mol. The lowest BCUT2D eigenvalue weighted by atomic mass is 9.87. The molecule has 0 amide bonds. The van der Waals surface area contributed by atoms with Gasteiger partial charge in [-0.15, -0.1) is 0 Å². The van der Waals surface area contributed by atoms with Crippen molar-refractivity contribution in [3.05, 3.63) is 29.8 Å². The van der Waals surface area contributed by atoms with Crippen LogP contribution in [-0.2, 0) is 15.4 Å². The van der Waals surface area contributed by atoms with Gasteiger partial charge in [0, 0.05) is 6.54 Å². The van der Waals surface area contributed by atoms with Crippen molar-refractivity contribution in [1.29, 1.82) is 0 Å². The van der Waals surface area contributed by atoms with Crippen LogP contribution in [0, 0.1) is 0 Å². The van der Waals surface area contributed by atoms with Crippen LogP contribution in [0.1, 0.15) is 52.0 Å². The van der Waals surface area contributed by atoms with Gasteiger partial charge in [0.05, 0.1) is 4.90 Å². The zero-order valence-electron chi connectivity index (χ0n) is 17.2. The molecule has 7 heteroatoms. The minimum absolute atomic E-state index is 0.0158. The highest BCUT2D eigenvalue weighted by Crippen LogP contribution is 2.23. The molecule has 0 aliphatic heterocycles. The van der Waals surface area contributed by atoms with Crippen molar-refractivity contribution in [1.82, 2.24) is 15.4 Å². The molecule has 0 spiro atoms. The normalized spacial score (nSPS) is 12.4. The number of hydrogen-bond acceptors (Lipinski definition) is 5. The molecule has 5 N–H and O–H groups in total. The van der Waals surface area contributed by atoms with Crippen molar-refractivity contribution < 1.29 is 8.42 Å². The van der Waals surface area contributed by atoms with Gasteiger partial charge in [-0.05, 0) is 81.5 Å². The summed E-state index contributed by atoms with van der Waals surface area (Å²) in [6.45, 7) is 11.3. The second kappa shape index (κ2) is 12.5. The highest BCUT2D eigenvalue weighted by molar-refractivity contribution is 7.89. The molecule has 0 heterocycles. The summed E-state index contributed by atoms with van der Waals surface area (Å²) in [5.41, 5.74) is 6.58. The van der Waals surface area contributed by atoms with E-state index in [4.69, 9.17) is 5.73 Å². The Hall–Kier alpha value is -0.990. The Morgan fingerprint density at radius 3 is 1.85 bits per heavy atom. The largest absolute Gasteiger partial charge is 0.330 e. The first-order valence-electron chi connectivity index (χ1n) is 9.99. The summed E-state index contributed by atoms with van der Waals surface area (Å²) in [6.07, 6.45) is 4.04. The van der Waals surface area contributed by atoms with Gasteiger partial charge in [0.2, 0.25) is 10.0 Å². The van der Waals surface area contributed by atoms with Gasteiger partial charge in [0.15, 0.2) is 0 Å². The molecule has 0 fully saturated rings. The fourth-order valence-corrected chi connectivity index (χ4v) is 3.69. The van der Waals surface area contributed by atoms with Crippen molar-refractivity contribution in [3.8, 4) is 0 Å². The molecule has 6 nitrogen and oxygen atoms in total. The minimum atomic E-state index is -3.43. The lowest BCUT2D eigenvalue weighted by Gasteiger charge is -2.19. The number of benzene rings is 1. The van der Waals surface area contributed by atoms with Gasteiger partial charge >= 0.3 is 0 Å². The number of nitrogens with two attached hydrogens (primary N) is 1. The molecule has 1 aromatic carbocycles. The molecule has 1 rings (SSSR count). The predicted octanol–water partition coefficient (Wildman–Crippen LogP) is 1.96. The van der Waals surface area contributed by atoms with Crippen molar-refractivity contribution >= 4 is 10.0 Å². The Morgan fingerprint density at radius 1 is 0.815 bits per heavy atom. The summed E-state index contributed by atoms with van der Waals surface area (Å²) in [7, 11) is -3.43. The van der Waals surface area contributed by atoms with Crippen LogP contribution in [0.5, 0.6) is 0 Å². The standard InChI is InChI=1S/C20H38N4O2S/c1-20(2,3)18-8-10-19(11-9-18)27(25,26)24-17-7-16-23-14-5-4-13-22-15-6-12-21/h8-11,22-24H,4-7,12-17,21H2,1-3H3. The lowest BCUT2D eigenvalue weighted by molar-refractivity contribution is 0.558. The lowest BCUT2D eigenvalue weighted by Crippen LogP contribution is -2.28. The third kappa shape index (κ3) is 10.2. The van der Waals surface area contributed by atoms with E-state index in [9.17, 15) is 8.42 Å². The van der Waals surface area contributed by atoms with Gasteiger partial charge in [-0.1, -0.05) is 32.9 Å². The number of nitrogens with one attached hydrogen (secondary N) is 3. The molecule has 0 unspecified atom stereocenters. The molecule has 156 valence electrons. The number of hydrogen-bond donors (Lipinski definition) is 4. The molecule has 0 saturated carbocycles. The van der Waals surface area contributed by atoms with Crippen LogP contribution in [-0.4, -0.2) is 47.7 Å². The van der Waals surface area contributed by atoms with Crippen LogP contribution in [0.15, 0.2) is 29.2 Å². The van der Waals surface area contributed by atoms with Crippen LogP contribution in [0.2, 0.25) is 0 Å². The highest BCUT2D eigenvalue weighted by atomic mass is 32.2. The van der Waals surface area contributed by atoms with Crippen LogP contribution in [0.4, 0.5) is 0 Å². The van der Waals surface area contributed by atoms with Crippen LogP contribution >= 0.6 is 0 Å². The molecule has 0 aliphatic rings. The van der Waals surface area contributed by atoms with Crippen molar-refractivity contribution in [2.24, 2.45) is 5.73 Å². The van der Waals surface area contributed by atoms with E-state index < -0.39 is 10.0 Å². The summed E-state index contributed by atoms with van der Waals surface area (Å²) in [5, 5.41) is 6.71. The first-order chi connectivity index (χ1) is 12.8. The topological polar surface area (TPSA) is 96.2 Å². The maximum absolute atomic E-state index is 12.3. The second-order valence-electron chi connectivity index (χ2n) is 7.88. The average molecular weight is 399 g/mol. The number of sulfonamides is 1. The van der Waals surface area contributed by atoms with Crippen molar-refractivity contribution in [2.45, 2.75) is 56.8 Å². The first kappa shape index (κ1) is 24.0. The van der Waals surface area contributed by atoms with Gasteiger partial charge in [0.1, 0.15) is 0 Å². The smallest absolute Gasteiger partial charge is 0.240 e. The van der Waals surface area contributed by atoms with Crippen LogP contribution in [0.25, 0.3) is 0 Å². The van der Waals surface area contributed by atoms with E-state index in [1.165, 1.54) is 0 Å². The summed E-state index contributed by atoms with van der Waals surface area (Å²) >= 11 is 0. The van der Waals surface area contributed by atoms with Gasteiger partial charge in [-0.25, -0.2) is 13.1 Å². The first-order valence-corrected chi connectivity index (χ1v) is 11.5. The molecular formula is C20H38N4O2S. The Kier molecular flexibility index (Phi) is 11.1. The van der Waals surface area contributed by atoms with E-state index in [0.29, 0.717) is 11.4 Å². The van der Waals surface area contributed by atoms with Crippen LogP contribution in [0.3, 0.4) is 0 Å². The monoisotopic (exact) mass is 398 g/mol. The number of unbranched alkanes of at least 4 members (excludes halogenated alkanes) is 1. The molecule has 0 aliphatic carbocycles. The molecule has 0 radical (unpaired) electrons. The summed E-state index contributed by atoms with van der Waals surface area (Å²) in [5.74, 6) is 0. The maximum atomic E-state index is 12.3. The SMILES string of the molecule is CC(C)(C)c1ccc(S(=O)(=O)NCCCNCCCCNCCCN)cc1. The summed E-state index contributed by atoms with van der Waals surface area (Å²) in [4.78, 5) is 0.325. The average Bonchev–Trinajstić information content (AvgIpc) is 2.62. The fourth-order valence-electron chi connectivity index (χ4n) is 2.61. The molecular weight excluding hydrogens is 360 g/mol. The van der Waals surface area contributed by atoms with E-state index >= 15 is 0 Å². The molecule has 1 aromatic rings. The van der Waals surface area contributed by atoms with E-state index in [0.717, 1.165) is 64.0 Å². The Morgan fingerprint density at radius 2 is 1.33 bits per heavy atom. The third-order valence-corrected chi connectivity index (χ3v) is 5.84. The third-order valence-electron chi connectivity index (χ3n) is 4.37. The Balaban J connectivity index is 2.15. The Bertz CT molecular complexity index is 610. The highest BCUT2D eigenvalue weighted by Gasteiger charge is 2.17. The van der Waals surface area contributed by atoms with E-state index in [2.05, 4.69) is 36.1 Å². The van der Waals surface area contributed by atoms with E-state index in [-0.39, 0.29) is 5.41 Å². The van der Waals surface area contributed by atoms with Gasteiger partial charge in [0.25, 0.3) is 0 Å². The molecule has 0 bridgehead atoms. The zero-order chi connectivity index (χ0) is 20.2. The molecule has 0 saturated heterocycles. The summed E-state index contributed by atoms with van der Waals surface area (Å²) < 4.78 is 27.3. The Labute approximate surface area is 165 Å². The van der Waals surface area contributed by atoms with Crippen molar-refractivity contribution in [2.75, 3.05) is 39.3 Å². The van der Waals surface area contributed by atoms with E-state index in [1.54, 1.807) is 12.1 Å². The summed E-state index contributed by atoms with van der Waals surface area (Å²) in [6, 6.07) is 7.15. The van der Waals surface area contributed by atoms with E-state index in [1.807, 2.05) is 12.1 Å². The number of rotatable bonds is 14. The molecule has 0 aromatic heterocycles. The van der Waals surface area contributed by atoms with Gasteiger partial charge in [-0.2, -0.15) is 0 Å². The fraction of sp³-hybridized carbons (Fsp3) is 0.700. The molecule has 27 heavy (non-hydrogen) atoms. The van der Waals surface area contributed by atoms with Gasteiger partial charge < -0.3 is 16.4 Å². The second-order valence-corrected chi connectivity index (χ2v) is 9.64. The quantitative estimate of drug-likeness (QED) is 0.359. The maximum Gasteiger partial charge on any atom is 0.240 e. The van der Waals surface area contributed by atoms with Gasteiger partial charge in [-0.3, -0.25) is 0 Å². The van der Waals surface area contributed by atoms with Crippen molar-refractivity contribution in [3.63, 3.8) is 0 Å². The van der Waals surface area contributed by atoms with Crippen LogP contribution < -0.4 is 21.1 Å². The zero-order valence-corrected chi connectivity index (χ0v) is 18.0. The molecule has 0 atom stereocenters. The minimum Gasteiger partial charge on any atom is -0.330 e.